The Hall–Kier alpha value is -6.80. The predicted octanol–water partition coefficient (Wildman–Crippen LogP) is 8.05. The van der Waals surface area contributed by atoms with Crippen LogP contribution < -0.4 is 21.6 Å². The van der Waals surface area contributed by atoms with Gasteiger partial charge in [-0.3, -0.25) is 0 Å². The maximum Gasteiger partial charge on any atom is 0.329 e. The summed E-state index contributed by atoms with van der Waals surface area (Å²) < 4.78 is 79.7. The van der Waals surface area contributed by atoms with Crippen molar-refractivity contribution in [3.8, 4) is 11.1 Å². The quantitative estimate of drug-likeness (QED) is 0.0757. The van der Waals surface area contributed by atoms with Crippen LogP contribution in [0.1, 0.15) is 27.8 Å². The standard InChI is InChI=1S/C47H26BF5N2/c49-43-41(44(50)46(52)47(53)45(43)51)40-35-24-23-34(54-35)38(27-13-4-1-5-14-27)31-20-11-10-19-30(31)32-21-12-22-33-39(28-15-6-2-7-16-28)36-25-26-37(40)55(36)48(42(32)33)29-17-8-3-9-18-29/h1-26H. The molecule has 0 aliphatic carbocycles. The van der Waals surface area contributed by atoms with Gasteiger partial charge in [-0.15, -0.1) is 0 Å². The zero-order valence-electron chi connectivity index (χ0n) is 28.9. The van der Waals surface area contributed by atoms with Crippen LogP contribution in [-0.4, -0.2) is 17.0 Å². The van der Waals surface area contributed by atoms with Crippen LogP contribution >= 0.6 is 0 Å². The molecule has 3 aliphatic heterocycles. The van der Waals surface area contributed by atoms with Crippen LogP contribution in [0, 0.1) is 29.1 Å². The van der Waals surface area contributed by atoms with Crippen molar-refractivity contribution in [3.05, 3.63) is 231 Å². The topological polar surface area (TPSA) is 17.3 Å². The monoisotopic (exact) mass is 724 g/mol. The molecular weight excluding hydrogens is 698 g/mol. The van der Waals surface area contributed by atoms with E-state index < -0.39 is 41.5 Å². The smallest absolute Gasteiger partial charge is 0.329 e. The molecule has 4 bridgehead atoms. The van der Waals surface area contributed by atoms with E-state index in [9.17, 15) is 4.39 Å². The van der Waals surface area contributed by atoms with Gasteiger partial charge in [0.2, 0.25) is 5.82 Å². The van der Waals surface area contributed by atoms with Gasteiger partial charge in [0.05, 0.1) is 17.0 Å². The molecule has 10 rings (SSSR count). The Morgan fingerprint density at radius 2 is 0.927 bits per heavy atom. The van der Waals surface area contributed by atoms with Crippen molar-refractivity contribution < 1.29 is 22.0 Å². The highest BCUT2D eigenvalue weighted by Gasteiger charge is 2.38. The lowest BCUT2D eigenvalue weighted by Crippen LogP contribution is -2.60. The molecule has 0 saturated heterocycles. The number of halogens is 5. The van der Waals surface area contributed by atoms with Gasteiger partial charge in [0.25, 0.3) is 0 Å². The summed E-state index contributed by atoms with van der Waals surface area (Å²) in [5.41, 5.74) is 8.02. The molecule has 0 saturated carbocycles. The number of benzene rings is 6. The summed E-state index contributed by atoms with van der Waals surface area (Å²) >= 11 is 0. The average Bonchev–Trinajstić information content (AvgIpc) is 3.89. The fourth-order valence-electron chi connectivity index (χ4n) is 8.41. The molecule has 55 heavy (non-hydrogen) atoms. The van der Waals surface area contributed by atoms with Crippen molar-refractivity contribution in [2.75, 3.05) is 0 Å². The van der Waals surface area contributed by atoms with Gasteiger partial charge >= 0.3 is 6.85 Å². The fourth-order valence-corrected chi connectivity index (χ4v) is 8.41. The van der Waals surface area contributed by atoms with Gasteiger partial charge in [0.15, 0.2) is 23.3 Å². The van der Waals surface area contributed by atoms with Crippen LogP contribution in [0.2, 0.25) is 0 Å². The van der Waals surface area contributed by atoms with Crippen molar-refractivity contribution >= 4 is 40.2 Å². The Balaban J connectivity index is 1.50. The van der Waals surface area contributed by atoms with E-state index in [1.165, 1.54) is 0 Å². The van der Waals surface area contributed by atoms with Crippen molar-refractivity contribution in [2.45, 2.75) is 0 Å². The molecule has 2 nitrogen and oxygen atoms in total. The van der Waals surface area contributed by atoms with E-state index in [0.717, 1.165) is 55.5 Å². The lowest BCUT2D eigenvalue weighted by atomic mass is 9.46. The minimum absolute atomic E-state index is 0.0535. The van der Waals surface area contributed by atoms with Crippen LogP contribution in [0.4, 0.5) is 22.0 Å². The summed E-state index contributed by atoms with van der Waals surface area (Å²) in [5, 5.41) is 0.940. The largest absolute Gasteiger partial charge is 0.376 e. The summed E-state index contributed by atoms with van der Waals surface area (Å²) in [4.78, 5) is 5.01. The first-order chi connectivity index (χ1) is 26.9. The molecule has 8 heteroatoms. The zero-order valence-corrected chi connectivity index (χ0v) is 28.9. The van der Waals surface area contributed by atoms with Crippen molar-refractivity contribution in [2.24, 2.45) is 4.99 Å². The molecule has 0 amide bonds. The number of allylic oxidation sites excluding steroid dienone is 2. The summed E-state index contributed by atoms with van der Waals surface area (Å²) in [6, 6.07) is 47.1. The zero-order chi connectivity index (χ0) is 37.4. The Morgan fingerprint density at radius 3 is 1.58 bits per heavy atom. The number of hydrogen-bond donors (Lipinski definition) is 0. The molecule has 0 fully saturated rings. The van der Waals surface area contributed by atoms with Crippen LogP contribution in [0.15, 0.2) is 168 Å². The molecule has 3 aliphatic rings. The van der Waals surface area contributed by atoms with E-state index >= 15 is 17.6 Å². The fraction of sp³-hybridized carbons (Fsp3) is 0. The van der Waals surface area contributed by atoms with E-state index in [1.54, 1.807) is 18.2 Å². The minimum Gasteiger partial charge on any atom is -0.376 e. The van der Waals surface area contributed by atoms with Gasteiger partial charge in [0.1, 0.15) is 0 Å². The number of aromatic nitrogens is 1. The number of hydrogen-bond acceptors (Lipinski definition) is 1. The number of fused-ring (bicyclic) bond motifs is 3. The Bertz CT molecular complexity index is 2940. The molecule has 1 aromatic heterocycles. The number of nitrogens with zero attached hydrogens (tertiary/aromatic N) is 2. The molecule has 262 valence electrons. The summed E-state index contributed by atoms with van der Waals surface area (Å²) in [6.45, 7) is -0.613. The van der Waals surface area contributed by atoms with Gasteiger partial charge in [-0.1, -0.05) is 139 Å². The Kier molecular flexibility index (Phi) is 7.56. The molecule has 4 heterocycles. The van der Waals surface area contributed by atoms with Crippen LogP contribution in [-0.2, 0) is 0 Å². The second-order valence-corrected chi connectivity index (χ2v) is 13.6. The van der Waals surface area contributed by atoms with Crippen molar-refractivity contribution in [3.63, 3.8) is 0 Å². The second-order valence-electron chi connectivity index (χ2n) is 13.6. The third-order valence-electron chi connectivity index (χ3n) is 10.7. The van der Waals surface area contributed by atoms with Crippen LogP contribution in [0.25, 0.3) is 27.8 Å². The van der Waals surface area contributed by atoms with E-state index in [2.05, 4.69) is 18.2 Å². The Labute approximate surface area is 313 Å². The van der Waals surface area contributed by atoms with Gasteiger partial charge in [0, 0.05) is 27.4 Å². The van der Waals surface area contributed by atoms with E-state index in [1.807, 2.05) is 126 Å². The minimum atomic E-state index is -2.22. The first-order valence-corrected chi connectivity index (χ1v) is 17.8. The summed E-state index contributed by atoms with van der Waals surface area (Å²) in [7, 11) is 0. The van der Waals surface area contributed by atoms with Crippen LogP contribution in [0.3, 0.4) is 0 Å². The average molecular weight is 725 g/mol. The first kappa shape index (κ1) is 32.8. The van der Waals surface area contributed by atoms with Crippen LogP contribution in [0.5, 0.6) is 0 Å². The number of rotatable bonds is 4. The molecule has 7 aromatic rings. The lowest BCUT2D eigenvalue weighted by molar-refractivity contribution is 0.376. The summed E-state index contributed by atoms with van der Waals surface area (Å²) in [6.07, 6.45) is 3.33. The number of aliphatic imine (C=N–C) groups is 1. The highest BCUT2D eigenvalue weighted by atomic mass is 19.2. The highest BCUT2D eigenvalue weighted by molar-refractivity contribution is 6.86. The molecule has 0 N–H and O–H groups in total. The maximum absolute atomic E-state index is 16.3. The Morgan fingerprint density at radius 1 is 0.418 bits per heavy atom. The second kappa shape index (κ2) is 12.7. The highest BCUT2D eigenvalue weighted by Crippen LogP contribution is 2.39. The van der Waals surface area contributed by atoms with Gasteiger partial charge in [-0.05, 0) is 63.1 Å². The van der Waals surface area contributed by atoms with Gasteiger partial charge < -0.3 is 4.48 Å². The lowest BCUT2D eigenvalue weighted by Gasteiger charge is -2.31. The molecule has 0 unspecified atom stereocenters. The molecular formula is C47H26BF5N2. The van der Waals surface area contributed by atoms with Crippen molar-refractivity contribution in [1.82, 2.24) is 4.48 Å². The van der Waals surface area contributed by atoms with Crippen molar-refractivity contribution in [1.29, 1.82) is 0 Å². The molecule has 6 aromatic carbocycles. The molecule has 0 radical (unpaired) electrons. The van der Waals surface area contributed by atoms with E-state index in [4.69, 9.17) is 4.99 Å². The van der Waals surface area contributed by atoms with E-state index in [0.29, 0.717) is 11.0 Å². The first-order valence-electron chi connectivity index (χ1n) is 17.8. The molecule has 0 spiro atoms. The SMILES string of the molecule is Fc1c(F)c(F)c(C2=c3ccc4n3B(c3ccccc3)c3c(cccc3-c3ccccc3C(c3ccccc3)=C3C=CC2=N3)C=4c2ccccc2)c(F)c1F. The third-order valence-corrected chi connectivity index (χ3v) is 10.7. The third kappa shape index (κ3) is 4.91. The van der Waals surface area contributed by atoms with E-state index in [-0.39, 0.29) is 16.6 Å². The van der Waals surface area contributed by atoms with Gasteiger partial charge in [-0.2, -0.15) is 0 Å². The maximum atomic E-state index is 16.3. The summed E-state index contributed by atoms with van der Waals surface area (Å²) in [5.74, 6) is -10.1. The normalized spacial score (nSPS) is 14.1. The molecule has 0 atom stereocenters. The predicted molar refractivity (Wildman–Crippen MR) is 208 cm³/mol. The van der Waals surface area contributed by atoms with Gasteiger partial charge in [-0.25, -0.2) is 26.9 Å².